The van der Waals surface area contributed by atoms with Gasteiger partial charge in [-0.15, -0.1) is 0 Å². The van der Waals surface area contributed by atoms with Crippen LogP contribution in [0.5, 0.6) is 0 Å². The predicted molar refractivity (Wildman–Crippen MR) is 69.6 cm³/mol. The molecule has 0 radical (unpaired) electrons. The fraction of sp³-hybridized carbons (Fsp3) is 0.714. The second kappa shape index (κ2) is 6.14. The average molecular weight is 250 g/mol. The van der Waals surface area contributed by atoms with Gasteiger partial charge in [-0.25, -0.2) is 0 Å². The van der Waals surface area contributed by atoms with Gasteiger partial charge in [0.1, 0.15) is 0 Å². The summed E-state index contributed by atoms with van der Waals surface area (Å²) in [7, 11) is 0. The van der Waals surface area contributed by atoms with E-state index in [1.807, 2.05) is 17.8 Å². The van der Waals surface area contributed by atoms with Crippen LogP contribution < -0.4 is 0 Å². The van der Waals surface area contributed by atoms with Crippen molar-refractivity contribution in [2.75, 3.05) is 6.61 Å². The first-order chi connectivity index (χ1) is 8.72. The Morgan fingerprint density at radius 1 is 1.50 bits per heavy atom. The van der Waals surface area contributed by atoms with E-state index in [0.717, 1.165) is 38.0 Å². The number of hydrogen-bond acceptors (Lipinski definition) is 3. The summed E-state index contributed by atoms with van der Waals surface area (Å²) in [4.78, 5) is 12.0. The molecular formula is C14H22N2O2. The summed E-state index contributed by atoms with van der Waals surface area (Å²) in [5, 5.41) is 4.19. The minimum atomic E-state index is 0.220. The second-order valence-electron chi connectivity index (χ2n) is 5.03. The van der Waals surface area contributed by atoms with Gasteiger partial charge in [0.25, 0.3) is 0 Å². The third-order valence-electron chi connectivity index (χ3n) is 3.48. The number of nitrogens with zero attached hydrogens (tertiary/aromatic N) is 2. The topological polar surface area (TPSA) is 44.1 Å². The third kappa shape index (κ3) is 3.19. The van der Waals surface area contributed by atoms with E-state index in [-0.39, 0.29) is 5.78 Å². The fourth-order valence-electron chi connectivity index (χ4n) is 2.45. The van der Waals surface area contributed by atoms with Crippen LogP contribution in [0.25, 0.3) is 0 Å². The quantitative estimate of drug-likeness (QED) is 0.699. The first kappa shape index (κ1) is 13.3. The molecule has 1 saturated carbocycles. The minimum Gasteiger partial charge on any atom is -0.378 e. The van der Waals surface area contributed by atoms with Crippen molar-refractivity contribution in [3.8, 4) is 0 Å². The summed E-state index contributed by atoms with van der Waals surface area (Å²) >= 11 is 0. The highest BCUT2D eigenvalue weighted by Crippen LogP contribution is 2.33. The van der Waals surface area contributed by atoms with E-state index in [2.05, 4.69) is 12.0 Å². The SMILES string of the molecule is CCCn1cc(C(=O)CC2CC(OCC)C2)cn1. The number of aryl methyl sites for hydroxylation is 1. The van der Waals surface area contributed by atoms with E-state index in [0.29, 0.717) is 18.4 Å². The second-order valence-corrected chi connectivity index (χ2v) is 5.03. The van der Waals surface area contributed by atoms with Gasteiger partial charge in [-0.1, -0.05) is 6.92 Å². The molecular weight excluding hydrogens is 228 g/mol. The molecule has 2 rings (SSSR count). The van der Waals surface area contributed by atoms with E-state index in [1.54, 1.807) is 6.20 Å². The minimum absolute atomic E-state index is 0.220. The van der Waals surface area contributed by atoms with Crippen LogP contribution in [0.15, 0.2) is 12.4 Å². The molecule has 0 unspecified atom stereocenters. The monoisotopic (exact) mass is 250 g/mol. The van der Waals surface area contributed by atoms with Gasteiger partial charge < -0.3 is 4.74 Å². The highest BCUT2D eigenvalue weighted by atomic mass is 16.5. The average Bonchev–Trinajstić information content (AvgIpc) is 2.75. The van der Waals surface area contributed by atoms with E-state index in [1.165, 1.54) is 0 Å². The summed E-state index contributed by atoms with van der Waals surface area (Å²) in [5.41, 5.74) is 0.753. The Morgan fingerprint density at radius 2 is 2.28 bits per heavy atom. The maximum absolute atomic E-state index is 12.0. The largest absolute Gasteiger partial charge is 0.378 e. The van der Waals surface area contributed by atoms with Crippen LogP contribution in [0.2, 0.25) is 0 Å². The van der Waals surface area contributed by atoms with Gasteiger partial charge in [-0.3, -0.25) is 9.48 Å². The number of ketones is 1. The highest BCUT2D eigenvalue weighted by Gasteiger charge is 2.31. The Labute approximate surface area is 108 Å². The molecule has 0 atom stereocenters. The summed E-state index contributed by atoms with van der Waals surface area (Å²) in [6, 6.07) is 0. The zero-order valence-electron chi connectivity index (χ0n) is 11.3. The van der Waals surface area contributed by atoms with Crippen molar-refractivity contribution in [2.45, 2.75) is 52.2 Å². The van der Waals surface area contributed by atoms with Crippen molar-refractivity contribution >= 4 is 5.78 Å². The van der Waals surface area contributed by atoms with E-state index in [9.17, 15) is 4.79 Å². The van der Waals surface area contributed by atoms with Crippen LogP contribution in [0, 0.1) is 5.92 Å². The van der Waals surface area contributed by atoms with E-state index >= 15 is 0 Å². The number of carbonyl (C=O) groups excluding carboxylic acids is 1. The molecule has 0 spiro atoms. The zero-order chi connectivity index (χ0) is 13.0. The molecule has 1 aliphatic rings. The Hall–Kier alpha value is -1.16. The summed E-state index contributed by atoms with van der Waals surface area (Å²) in [5.74, 6) is 0.723. The van der Waals surface area contributed by atoms with Gasteiger partial charge in [-0.2, -0.15) is 5.10 Å². The molecule has 4 nitrogen and oxygen atoms in total. The number of Topliss-reactive ketones (excluding diaryl/α,β-unsaturated/α-hetero) is 1. The highest BCUT2D eigenvalue weighted by molar-refractivity contribution is 5.95. The zero-order valence-corrected chi connectivity index (χ0v) is 11.3. The molecule has 0 aromatic carbocycles. The van der Waals surface area contributed by atoms with Gasteiger partial charge in [0, 0.05) is 25.8 Å². The standard InChI is InChI=1S/C14H22N2O2/c1-3-5-16-10-12(9-15-16)14(17)8-11-6-13(7-11)18-4-2/h9-11,13H,3-8H2,1-2H3. The molecule has 0 saturated heterocycles. The maximum atomic E-state index is 12.0. The van der Waals surface area contributed by atoms with Crippen LogP contribution >= 0.6 is 0 Å². The van der Waals surface area contributed by atoms with Gasteiger partial charge in [0.2, 0.25) is 0 Å². The van der Waals surface area contributed by atoms with Crippen LogP contribution in [0.1, 0.15) is 49.9 Å². The number of carbonyl (C=O) groups is 1. The number of aromatic nitrogens is 2. The van der Waals surface area contributed by atoms with Crippen molar-refractivity contribution in [3.63, 3.8) is 0 Å². The molecule has 1 heterocycles. The van der Waals surface area contributed by atoms with Crippen molar-refractivity contribution in [2.24, 2.45) is 5.92 Å². The Bertz CT molecular complexity index is 394. The van der Waals surface area contributed by atoms with E-state index < -0.39 is 0 Å². The van der Waals surface area contributed by atoms with Gasteiger partial charge in [0.05, 0.1) is 17.9 Å². The number of ether oxygens (including phenoxy) is 1. The Kier molecular flexibility index (Phi) is 4.53. The lowest BCUT2D eigenvalue weighted by molar-refractivity contribution is -0.0246. The molecule has 4 heteroatoms. The molecule has 0 bridgehead atoms. The molecule has 1 aliphatic carbocycles. The van der Waals surface area contributed by atoms with Crippen LogP contribution in [-0.4, -0.2) is 28.3 Å². The predicted octanol–water partition coefficient (Wildman–Crippen LogP) is 2.68. The first-order valence-corrected chi connectivity index (χ1v) is 6.90. The van der Waals surface area contributed by atoms with Gasteiger partial charge in [0.15, 0.2) is 5.78 Å². The van der Waals surface area contributed by atoms with E-state index in [4.69, 9.17) is 4.74 Å². The number of rotatable bonds is 7. The molecule has 18 heavy (non-hydrogen) atoms. The lowest BCUT2D eigenvalue weighted by Crippen LogP contribution is -2.32. The lowest BCUT2D eigenvalue weighted by Gasteiger charge is -2.34. The molecule has 0 N–H and O–H groups in total. The summed E-state index contributed by atoms with van der Waals surface area (Å²) < 4.78 is 7.35. The summed E-state index contributed by atoms with van der Waals surface area (Å²) in [6.07, 6.45) is 7.68. The fourth-order valence-corrected chi connectivity index (χ4v) is 2.45. The van der Waals surface area contributed by atoms with Crippen LogP contribution in [0.4, 0.5) is 0 Å². The van der Waals surface area contributed by atoms with Crippen molar-refractivity contribution in [3.05, 3.63) is 18.0 Å². The van der Waals surface area contributed by atoms with Crippen molar-refractivity contribution in [1.82, 2.24) is 9.78 Å². The molecule has 1 aromatic rings. The summed E-state index contributed by atoms with van der Waals surface area (Å²) in [6.45, 7) is 5.77. The Balaban J connectivity index is 1.78. The van der Waals surface area contributed by atoms with Crippen molar-refractivity contribution in [1.29, 1.82) is 0 Å². The lowest BCUT2D eigenvalue weighted by atomic mass is 9.78. The van der Waals surface area contributed by atoms with Gasteiger partial charge >= 0.3 is 0 Å². The smallest absolute Gasteiger partial charge is 0.166 e. The molecule has 100 valence electrons. The molecule has 1 fully saturated rings. The first-order valence-electron chi connectivity index (χ1n) is 6.90. The third-order valence-corrected chi connectivity index (χ3v) is 3.48. The number of hydrogen-bond donors (Lipinski definition) is 0. The van der Waals surface area contributed by atoms with Crippen molar-refractivity contribution < 1.29 is 9.53 Å². The maximum Gasteiger partial charge on any atom is 0.166 e. The molecule has 0 aliphatic heterocycles. The normalized spacial score (nSPS) is 22.8. The Morgan fingerprint density at radius 3 is 2.94 bits per heavy atom. The molecule has 1 aromatic heterocycles. The van der Waals surface area contributed by atoms with Crippen LogP contribution in [0.3, 0.4) is 0 Å². The molecule has 0 amide bonds. The van der Waals surface area contributed by atoms with Gasteiger partial charge in [-0.05, 0) is 32.1 Å². The van der Waals surface area contributed by atoms with Crippen LogP contribution in [-0.2, 0) is 11.3 Å².